The number of halogens is 3. The fourth-order valence-corrected chi connectivity index (χ4v) is 5.00. The first-order valence-electron chi connectivity index (χ1n) is 9.61. The molecule has 0 unspecified atom stereocenters. The third-order valence-corrected chi connectivity index (χ3v) is 7.25. The Morgan fingerprint density at radius 1 is 0.935 bits per heavy atom. The van der Waals surface area contributed by atoms with Gasteiger partial charge < -0.3 is 4.90 Å². The zero-order valence-corrected chi connectivity index (χ0v) is 18.0. The van der Waals surface area contributed by atoms with Crippen molar-refractivity contribution in [3.8, 4) is 0 Å². The summed E-state index contributed by atoms with van der Waals surface area (Å²) in [6, 6.07) is 6.64. The molecule has 166 valence electrons. The van der Waals surface area contributed by atoms with E-state index in [0.29, 0.717) is 24.6 Å². The minimum atomic E-state index is -4.68. The highest BCUT2D eigenvalue weighted by Gasteiger charge is 2.37. The van der Waals surface area contributed by atoms with Gasteiger partial charge in [0.05, 0.1) is 4.90 Å². The van der Waals surface area contributed by atoms with E-state index in [2.05, 4.69) is 15.1 Å². The van der Waals surface area contributed by atoms with E-state index in [1.54, 1.807) is 36.1 Å². The largest absolute Gasteiger partial charge is 0.453 e. The van der Waals surface area contributed by atoms with E-state index in [4.69, 9.17) is 0 Å². The van der Waals surface area contributed by atoms with E-state index >= 15 is 0 Å². The van der Waals surface area contributed by atoms with Gasteiger partial charge >= 0.3 is 6.18 Å². The molecule has 31 heavy (non-hydrogen) atoms. The number of aryl methyl sites for hydroxylation is 3. The van der Waals surface area contributed by atoms with Crippen LogP contribution in [0.5, 0.6) is 0 Å². The molecule has 0 saturated carbocycles. The second-order valence-electron chi connectivity index (χ2n) is 7.54. The van der Waals surface area contributed by atoms with E-state index in [-0.39, 0.29) is 23.8 Å². The molecule has 1 aliphatic rings. The molecule has 12 heteroatoms. The average molecular weight is 454 g/mol. The van der Waals surface area contributed by atoms with Crippen molar-refractivity contribution >= 4 is 21.6 Å². The highest BCUT2D eigenvalue weighted by molar-refractivity contribution is 7.89. The second kappa shape index (κ2) is 7.45. The highest BCUT2D eigenvalue weighted by atomic mass is 32.2. The van der Waals surface area contributed by atoms with Gasteiger partial charge in [-0.2, -0.15) is 27.0 Å². The first-order valence-corrected chi connectivity index (χ1v) is 11.0. The van der Waals surface area contributed by atoms with Crippen LogP contribution in [0.2, 0.25) is 0 Å². The van der Waals surface area contributed by atoms with Gasteiger partial charge in [0.2, 0.25) is 10.0 Å². The zero-order chi connectivity index (χ0) is 22.6. The van der Waals surface area contributed by atoms with Gasteiger partial charge in [-0.05, 0) is 44.0 Å². The van der Waals surface area contributed by atoms with Crippen LogP contribution in [0.3, 0.4) is 0 Å². The minimum Gasteiger partial charge on any atom is -0.354 e. The van der Waals surface area contributed by atoms with Gasteiger partial charge in [-0.15, -0.1) is 5.10 Å². The van der Waals surface area contributed by atoms with Crippen LogP contribution in [-0.2, 0) is 16.2 Å². The number of nitrogens with zero attached hydrogens (tertiary/aromatic N) is 6. The number of benzene rings is 1. The lowest BCUT2D eigenvalue weighted by Gasteiger charge is -2.35. The predicted molar refractivity (Wildman–Crippen MR) is 107 cm³/mol. The average Bonchev–Trinajstić information content (AvgIpc) is 3.14. The molecule has 0 atom stereocenters. The highest BCUT2D eigenvalue weighted by Crippen LogP contribution is 2.28. The number of fused-ring (bicyclic) bond motifs is 1. The molecule has 0 bridgehead atoms. The van der Waals surface area contributed by atoms with E-state index in [0.717, 1.165) is 15.6 Å². The maximum absolute atomic E-state index is 13.0. The maximum Gasteiger partial charge on any atom is 0.453 e. The standard InChI is InChI=1S/C19H21F3N6O2S/c1-12-4-5-15(10-13(12)2)31(29,30)27-8-6-26(7-9-27)16-11-14(3)23-18-24-17(19(20,21)22)25-28(16)18/h4-5,10-11H,6-9H2,1-3H3. The molecule has 2 aromatic heterocycles. The maximum atomic E-state index is 13.0. The van der Waals surface area contributed by atoms with E-state index in [1.807, 2.05) is 13.8 Å². The summed E-state index contributed by atoms with van der Waals surface area (Å²) in [4.78, 5) is 9.55. The monoisotopic (exact) mass is 454 g/mol. The van der Waals surface area contributed by atoms with Crippen molar-refractivity contribution in [3.05, 3.63) is 46.9 Å². The molecule has 0 N–H and O–H groups in total. The molecule has 1 fully saturated rings. The lowest BCUT2D eigenvalue weighted by molar-refractivity contribution is -0.144. The number of sulfonamides is 1. The van der Waals surface area contributed by atoms with Crippen LogP contribution in [0.15, 0.2) is 29.2 Å². The molecule has 3 aromatic rings. The van der Waals surface area contributed by atoms with Gasteiger partial charge in [0.1, 0.15) is 5.82 Å². The number of hydrogen-bond acceptors (Lipinski definition) is 6. The normalized spacial score (nSPS) is 16.3. The van der Waals surface area contributed by atoms with Gasteiger partial charge in [0.25, 0.3) is 11.6 Å². The molecule has 1 aliphatic heterocycles. The number of aromatic nitrogens is 4. The van der Waals surface area contributed by atoms with Gasteiger partial charge in [0, 0.05) is 37.9 Å². The van der Waals surface area contributed by atoms with Crippen LogP contribution in [-0.4, -0.2) is 58.5 Å². The summed E-state index contributed by atoms with van der Waals surface area (Å²) in [6.07, 6.45) is -4.68. The van der Waals surface area contributed by atoms with Crippen molar-refractivity contribution in [2.24, 2.45) is 0 Å². The van der Waals surface area contributed by atoms with Crippen LogP contribution in [0.25, 0.3) is 5.78 Å². The smallest absolute Gasteiger partial charge is 0.354 e. The summed E-state index contributed by atoms with van der Waals surface area (Å²) < 4.78 is 67.6. The first kappa shape index (κ1) is 21.5. The Labute approximate surface area is 177 Å². The van der Waals surface area contributed by atoms with Gasteiger partial charge in [-0.25, -0.2) is 13.4 Å². The lowest BCUT2D eigenvalue weighted by atomic mass is 10.1. The quantitative estimate of drug-likeness (QED) is 0.605. The van der Waals surface area contributed by atoms with Crippen LogP contribution in [0.1, 0.15) is 22.6 Å². The van der Waals surface area contributed by atoms with Crippen molar-refractivity contribution in [2.45, 2.75) is 31.8 Å². The molecule has 1 saturated heterocycles. The summed E-state index contributed by atoms with van der Waals surface area (Å²) >= 11 is 0. The molecule has 0 radical (unpaired) electrons. The molecule has 0 amide bonds. The number of anilines is 1. The van der Waals surface area contributed by atoms with E-state index < -0.39 is 22.0 Å². The van der Waals surface area contributed by atoms with Gasteiger partial charge in [-0.1, -0.05) is 6.07 Å². The Bertz CT molecular complexity index is 1250. The fourth-order valence-electron chi connectivity index (χ4n) is 3.49. The van der Waals surface area contributed by atoms with E-state index in [9.17, 15) is 21.6 Å². The number of hydrogen-bond donors (Lipinski definition) is 0. The fraction of sp³-hybridized carbons (Fsp3) is 0.421. The Morgan fingerprint density at radius 2 is 1.61 bits per heavy atom. The minimum absolute atomic E-state index is 0.146. The number of rotatable bonds is 3. The molecule has 1 aromatic carbocycles. The Hall–Kier alpha value is -2.73. The summed E-state index contributed by atoms with van der Waals surface area (Å²) in [7, 11) is -3.66. The Balaban J connectivity index is 1.59. The molecule has 0 aliphatic carbocycles. The van der Waals surface area contributed by atoms with Crippen LogP contribution < -0.4 is 4.90 Å². The molecule has 0 spiro atoms. The molecular formula is C19H21F3N6O2S. The van der Waals surface area contributed by atoms with Crippen LogP contribution in [0.4, 0.5) is 19.0 Å². The Kier molecular flexibility index (Phi) is 5.16. The summed E-state index contributed by atoms with van der Waals surface area (Å²) in [6.45, 7) is 6.41. The topological polar surface area (TPSA) is 83.7 Å². The molecule has 4 rings (SSSR count). The third-order valence-electron chi connectivity index (χ3n) is 5.35. The third kappa shape index (κ3) is 3.97. The zero-order valence-electron chi connectivity index (χ0n) is 17.2. The number of piperazine rings is 1. The number of alkyl halides is 3. The summed E-state index contributed by atoms with van der Waals surface area (Å²) in [5.74, 6) is -1.01. The van der Waals surface area contributed by atoms with Gasteiger partial charge in [0.15, 0.2) is 0 Å². The van der Waals surface area contributed by atoms with E-state index in [1.165, 1.54) is 4.31 Å². The SMILES string of the molecule is Cc1cc(N2CCN(S(=O)(=O)c3ccc(C)c(C)c3)CC2)n2nc(C(F)(F)F)nc2n1. The predicted octanol–water partition coefficient (Wildman–Crippen LogP) is 2.58. The summed E-state index contributed by atoms with van der Waals surface area (Å²) in [5, 5.41) is 3.58. The first-order chi connectivity index (χ1) is 14.5. The van der Waals surface area contributed by atoms with Crippen molar-refractivity contribution in [1.29, 1.82) is 0 Å². The van der Waals surface area contributed by atoms with Gasteiger partial charge in [-0.3, -0.25) is 0 Å². The second-order valence-corrected chi connectivity index (χ2v) is 9.48. The van der Waals surface area contributed by atoms with Crippen LogP contribution >= 0.6 is 0 Å². The lowest BCUT2D eigenvalue weighted by Crippen LogP contribution is -2.49. The molecular weight excluding hydrogens is 433 g/mol. The molecule has 3 heterocycles. The van der Waals surface area contributed by atoms with Crippen molar-refractivity contribution in [2.75, 3.05) is 31.1 Å². The molecule has 8 nitrogen and oxygen atoms in total. The van der Waals surface area contributed by atoms with Crippen LogP contribution in [0, 0.1) is 20.8 Å². The van der Waals surface area contributed by atoms with Crippen molar-refractivity contribution in [1.82, 2.24) is 23.9 Å². The van der Waals surface area contributed by atoms with Crippen molar-refractivity contribution in [3.63, 3.8) is 0 Å². The Morgan fingerprint density at radius 3 is 2.23 bits per heavy atom. The van der Waals surface area contributed by atoms with Crippen molar-refractivity contribution < 1.29 is 21.6 Å². The summed E-state index contributed by atoms with van der Waals surface area (Å²) in [5.41, 5.74) is 2.39.